The van der Waals surface area contributed by atoms with Crippen molar-refractivity contribution < 1.29 is 14.3 Å². The smallest absolute Gasteiger partial charge is 0.253 e. The van der Waals surface area contributed by atoms with Crippen LogP contribution in [0.5, 0.6) is 11.5 Å². The molecule has 5 heteroatoms. The first-order valence-electron chi connectivity index (χ1n) is 10.9. The lowest BCUT2D eigenvalue weighted by atomic mass is 10.1. The zero-order valence-electron chi connectivity index (χ0n) is 19.3. The summed E-state index contributed by atoms with van der Waals surface area (Å²) in [6.45, 7) is 3.96. The van der Waals surface area contributed by atoms with Crippen molar-refractivity contribution in [3.63, 3.8) is 0 Å². The molecule has 168 valence electrons. The number of benzene rings is 3. The molecule has 0 saturated heterocycles. The molecular weight excluding hydrogens is 412 g/mol. The number of aromatic nitrogens is 1. The maximum absolute atomic E-state index is 13.3. The van der Waals surface area contributed by atoms with Crippen molar-refractivity contribution in [2.45, 2.75) is 19.9 Å². The lowest BCUT2D eigenvalue weighted by molar-refractivity contribution is 0.0939. The van der Waals surface area contributed by atoms with Crippen LogP contribution in [0.4, 0.5) is 0 Å². The quantitative estimate of drug-likeness (QED) is 0.386. The molecule has 5 nitrogen and oxygen atoms in total. The molecule has 4 aromatic rings. The van der Waals surface area contributed by atoms with Crippen LogP contribution in [0.15, 0.2) is 84.9 Å². The van der Waals surface area contributed by atoms with Crippen molar-refractivity contribution in [2.75, 3.05) is 14.2 Å². The van der Waals surface area contributed by atoms with Crippen LogP contribution in [0.25, 0.3) is 16.9 Å². The monoisotopic (exact) mass is 440 g/mol. The minimum absolute atomic E-state index is 0.109. The number of ether oxygens (including phenoxy) is 2. The summed E-state index contributed by atoms with van der Waals surface area (Å²) >= 11 is 0. The Morgan fingerprint density at radius 2 is 1.55 bits per heavy atom. The largest absolute Gasteiger partial charge is 0.497 e. The average Bonchev–Trinajstić information content (AvgIpc) is 3.21. The van der Waals surface area contributed by atoms with E-state index in [9.17, 15) is 4.79 Å². The molecule has 33 heavy (non-hydrogen) atoms. The molecule has 1 unspecified atom stereocenters. The molecule has 4 rings (SSSR count). The van der Waals surface area contributed by atoms with E-state index >= 15 is 0 Å². The molecule has 0 radical (unpaired) electrons. The van der Waals surface area contributed by atoms with E-state index in [1.54, 1.807) is 14.2 Å². The lowest BCUT2D eigenvalue weighted by Gasteiger charge is -2.15. The third kappa shape index (κ3) is 4.62. The minimum atomic E-state index is -0.111. The van der Waals surface area contributed by atoms with Crippen molar-refractivity contribution in [1.82, 2.24) is 9.88 Å². The van der Waals surface area contributed by atoms with Crippen LogP contribution < -0.4 is 14.8 Å². The summed E-state index contributed by atoms with van der Waals surface area (Å²) in [7, 11) is 3.30. The van der Waals surface area contributed by atoms with Gasteiger partial charge in [-0.3, -0.25) is 4.79 Å². The van der Waals surface area contributed by atoms with E-state index in [1.807, 2.05) is 98.8 Å². The second-order valence-electron chi connectivity index (χ2n) is 7.90. The van der Waals surface area contributed by atoms with Gasteiger partial charge in [-0.05, 0) is 67.4 Å². The van der Waals surface area contributed by atoms with Gasteiger partial charge in [-0.1, -0.05) is 36.4 Å². The minimum Gasteiger partial charge on any atom is -0.497 e. The van der Waals surface area contributed by atoms with Crippen molar-refractivity contribution in [3.8, 4) is 28.4 Å². The van der Waals surface area contributed by atoms with Crippen LogP contribution in [0.2, 0.25) is 0 Å². The fourth-order valence-electron chi connectivity index (χ4n) is 3.99. The number of amides is 1. The van der Waals surface area contributed by atoms with Gasteiger partial charge in [-0.2, -0.15) is 0 Å². The van der Waals surface area contributed by atoms with Crippen molar-refractivity contribution in [1.29, 1.82) is 0 Å². The highest BCUT2D eigenvalue weighted by molar-refractivity contribution is 5.97. The van der Waals surface area contributed by atoms with Crippen LogP contribution in [-0.2, 0) is 0 Å². The van der Waals surface area contributed by atoms with E-state index in [4.69, 9.17) is 9.47 Å². The summed E-state index contributed by atoms with van der Waals surface area (Å²) in [6.07, 6.45) is 0. The molecule has 0 saturated carbocycles. The van der Waals surface area contributed by atoms with E-state index in [0.717, 1.165) is 39.7 Å². The molecule has 1 aromatic heterocycles. The zero-order chi connectivity index (χ0) is 23.4. The van der Waals surface area contributed by atoms with Crippen LogP contribution in [0, 0.1) is 6.92 Å². The summed E-state index contributed by atoms with van der Waals surface area (Å²) in [5.41, 5.74) is 5.37. The van der Waals surface area contributed by atoms with Crippen molar-refractivity contribution >= 4 is 5.91 Å². The molecule has 1 heterocycles. The average molecular weight is 441 g/mol. The number of rotatable bonds is 7. The number of carbonyl (C=O) groups excluding carboxylic acids is 1. The lowest BCUT2D eigenvalue weighted by Crippen LogP contribution is -2.27. The van der Waals surface area contributed by atoms with Crippen LogP contribution in [-0.4, -0.2) is 24.7 Å². The van der Waals surface area contributed by atoms with Gasteiger partial charge in [0.15, 0.2) is 0 Å². The second-order valence-corrected chi connectivity index (χ2v) is 7.90. The molecule has 0 aliphatic heterocycles. The first-order valence-corrected chi connectivity index (χ1v) is 10.9. The third-order valence-corrected chi connectivity index (χ3v) is 5.84. The summed E-state index contributed by atoms with van der Waals surface area (Å²) in [5.74, 6) is 1.43. The molecular formula is C28H28N2O3. The molecule has 1 amide bonds. The Kier molecular flexibility index (Phi) is 6.50. The molecule has 0 fully saturated rings. The first kappa shape index (κ1) is 22.2. The Bertz CT molecular complexity index is 1240. The van der Waals surface area contributed by atoms with E-state index < -0.39 is 0 Å². The highest BCUT2D eigenvalue weighted by Crippen LogP contribution is 2.32. The fraction of sp³-hybridized carbons (Fsp3) is 0.179. The van der Waals surface area contributed by atoms with Gasteiger partial charge < -0.3 is 19.4 Å². The van der Waals surface area contributed by atoms with Gasteiger partial charge in [-0.25, -0.2) is 0 Å². The maximum atomic E-state index is 13.3. The van der Waals surface area contributed by atoms with Gasteiger partial charge in [0.1, 0.15) is 11.5 Å². The van der Waals surface area contributed by atoms with E-state index in [2.05, 4.69) is 9.88 Å². The van der Waals surface area contributed by atoms with Gasteiger partial charge in [-0.15, -0.1) is 0 Å². The Morgan fingerprint density at radius 1 is 0.848 bits per heavy atom. The standard InChI is InChI=1S/C28H28N2O3/c1-19(21-9-6-5-7-10-21)29-28(31)26-18-27(22-13-15-24(32-3)16-14-22)30(20(26)2)23-11-8-12-25(17-23)33-4/h5-19H,1-4H3,(H,29,31). The Morgan fingerprint density at radius 3 is 2.21 bits per heavy atom. The third-order valence-electron chi connectivity index (χ3n) is 5.84. The van der Waals surface area contributed by atoms with Crippen LogP contribution in [0.3, 0.4) is 0 Å². The molecule has 3 aromatic carbocycles. The van der Waals surface area contributed by atoms with Gasteiger partial charge in [0.05, 0.1) is 31.5 Å². The topological polar surface area (TPSA) is 52.5 Å². The fourth-order valence-corrected chi connectivity index (χ4v) is 3.99. The molecule has 1 atom stereocenters. The normalized spacial score (nSPS) is 11.6. The summed E-state index contributed by atoms with van der Waals surface area (Å²) in [5, 5.41) is 3.14. The molecule has 1 N–H and O–H groups in total. The Hall–Kier alpha value is -3.99. The van der Waals surface area contributed by atoms with Crippen molar-refractivity contribution in [2.24, 2.45) is 0 Å². The number of nitrogens with one attached hydrogen (secondary N) is 1. The van der Waals surface area contributed by atoms with E-state index in [-0.39, 0.29) is 11.9 Å². The van der Waals surface area contributed by atoms with Crippen LogP contribution in [0.1, 0.15) is 34.6 Å². The van der Waals surface area contributed by atoms with Gasteiger partial charge in [0.2, 0.25) is 0 Å². The number of carbonyl (C=O) groups is 1. The number of methoxy groups -OCH3 is 2. The molecule has 0 bridgehead atoms. The zero-order valence-corrected chi connectivity index (χ0v) is 19.3. The van der Waals surface area contributed by atoms with Gasteiger partial charge >= 0.3 is 0 Å². The van der Waals surface area contributed by atoms with Gasteiger partial charge in [0.25, 0.3) is 5.91 Å². The molecule has 0 aliphatic carbocycles. The maximum Gasteiger partial charge on any atom is 0.253 e. The highest BCUT2D eigenvalue weighted by atomic mass is 16.5. The van der Waals surface area contributed by atoms with E-state index in [0.29, 0.717) is 5.56 Å². The highest BCUT2D eigenvalue weighted by Gasteiger charge is 2.21. The predicted molar refractivity (Wildman–Crippen MR) is 131 cm³/mol. The van der Waals surface area contributed by atoms with Crippen LogP contribution >= 0.6 is 0 Å². The van der Waals surface area contributed by atoms with Crippen molar-refractivity contribution in [3.05, 3.63) is 102 Å². The van der Waals surface area contributed by atoms with Gasteiger partial charge in [0, 0.05) is 17.4 Å². The predicted octanol–water partition coefficient (Wildman–Crippen LogP) is 5.96. The number of nitrogens with zero attached hydrogens (tertiary/aromatic N) is 1. The number of hydrogen-bond donors (Lipinski definition) is 1. The Labute approximate surface area is 194 Å². The molecule has 0 aliphatic rings. The first-order chi connectivity index (χ1) is 16.0. The number of hydrogen-bond acceptors (Lipinski definition) is 3. The molecule has 0 spiro atoms. The second kappa shape index (κ2) is 9.65. The Balaban J connectivity index is 1.78. The van der Waals surface area contributed by atoms with E-state index in [1.165, 1.54) is 0 Å². The summed E-state index contributed by atoms with van der Waals surface area (Å²) in [4.78, 5) is 13.3. The summed E-state index contributed by atoms with van der Waals surface area (Å²) < 4.78 is 12.8. The summed E-state index contributed by atoms with van der Waals surface area (Å²) in [6, 6.07) is 27.5. The SMILES string of the molecule is COc1ccc(-c2cc(C(=O)NC(C)c3ccccc3)c(C)n2-c2cccc(OC)c2)cc1.